The third-order valence-electron chi connectivity index (χ3n) is 3.44. The SMILES string of the molecule is CC1(C(=O)[O-])Cc2ccc(OS(=O)(=O)C(F)(F)F)cc2N1C(=O)[O-]. The Balaban J connectivity index is 2.49. The van der Waals surface area contributed by atoms with Gasteiger partial charge < -0.3 is 28.9 Å². The van der Waals surface area contributed by atoms with Crippen molar-refractivity contribution in [3.05, 3.63) is 23.8 Å². The lowest BCUT2D eigenvalue weighted by Gasteiger charge is -2.38. The summed E-state index contributed by atoms with van der Waals surface area (Å²) in [7, 11) is -5.96. The number of carboxylic acids is 1. The van der Waals surface area contributed by atoms with Crippen LogP contribution in [0.25, 0.3) is 0 Å². The molecule has 0 aromatic heterocycles. The van der Waals surface area contributed by atoms with Crippen molar-refractivity contribution in [1.82, 2.24) is 0 Å². The molecule has 2 rings (SSSR count). The molecule has 1 aliphatic rings. The van der Waals surface area contributed by atoms with Crippen LogP contribution in [-0.4, -0.2) is 31.5 Å². The molecule has 0 spiro atoms. The summed E-state index contributed by atoms with van der Waals surface area (Å²) >= 11 is 0. The van der Waals surface area contributed by atoms with E-state index in [-0.39, 0.29) is 22.6 Å². The highest BCUT2D eigenvalue weighted by molar-refractivity contribution is 7.88. The van der Waals surface area contributed by atoms with Crippen molar-refractivity contribution in [1.29, 1.82) is 0 Å². The predicted molar refractivity (Wildman–Crippen MR) is 67.0 cm³/mol. The van der Waals surface area contributed by atoms with E-state index in [1.165, 1.54) is 0 Å². The van der Waals surface area contributed by atoms with Crippen LogP contribution in [0.15, 0.2) is 18.2 Å². The van der Waals surface area contributed by atoms with Crippen molar-refractivity contribution >= 4 is 27.9 Å². The van der Waals surface area contributed by atoms with Gasteiger partial charge in [0.1, 0.15) is 11.8 Å². The van der Waals surface area contributed by atoms with Gasteiger partial charge in [-0.1, -0.05) is 6.07 Å². The number of amides is 1. The van der Waals surface area contributed by atoms with Crippen molar-refractivity contribution < 1.29 is 45.6 Å². The first-order chi connectivity index (χ1) is 10.8. The Morgan fingerprint density at radius 2 is 1.88 bits per heavy atom. The Kier molecular flexibility index (Phi) is 3.91. The van der Waals surface area contributed by atoms with Crippen molar-refractivity contribution in [3.8, 4) is 5.75 Å². The van der Waals surface area contributed by atoms with Crippen molar-refractivity contribution in [3.63, 3.8) is 0 Å². The molecule has 0 saturated heterocycles. The van der Waals surface area contributed by atoms with Crippen LogP contribution in [0.5, 0.6) is 5.75 Å². The molecule has 0 aliphatic carbocycles. The summed E-state index contributed by atoms with van der Waals surface area (Å²) < 4.78 is 62.8. The fraction of sp³-hybridized carbons (Fsp3) is 0.333. The highest BCUT2D eigenvalue weighted by Gasteiger charge is 2.49. The molecular formula is C12H8F3NO7S-2. The highest BCUT2D eigenvalue weighted by atomic mass is 32.2. The van der Waals surface area contributed by atoms with Gasteiger partial charge in [-0.25, -0.2) is 0 Å². The average molecular weight is 367 g/mol. The van der Waals surface area contributed by atoms with Crippen LogP contribution in [0.3, 0.4) is 0 Å². The highest BCUT2D eigenvalue weighted by Crippen LogP contribution is 2.41. The molecule has 1 atom stereocenters. The van der Waals surface area contributed by atoms with Crippen molar-refractivity contribution in [2.24, 2.45) is 0 Å². The number of anilines is 1. The summed E-state index contributed by atoms with van der Waals surface area (Å²) in [4.78, 5) is 22.7. The maximum Gasteiger partial charge on any atom is 0.534 e. The van der Waals surface area contributed by atoms with Gasteiger partial charge in [0.05, 0.1) is 17.2 Å². The van der Waals surface area contributed by atoms with Crippen LogP contribution in [-0.2, 0) is 21.3 Å². The standard InChI is InChI=1S/C12H10F3NO7S/c1-11(9(17)18)5-6-2-3-7(4-8(6)16(11)10(19)20)23-24(21,22)12(13,14)15/h2-4H,5H2,1H3,(H,17,18)(H,19,20)/p-2. The lowest BCUT2D eigenvalue weighted by molar-refractivity contribution is -0.313. The van der Waals surface area contributed by atoms with E-state index >= 15 is 0 Å². The third kappa shape index (κ3) is 2.72. The van der Waals surface area contributed by atoms with Gasteiger partial charge in [0.2, 0.25) is 0 Å². The van der Waals surface area contributed by atoms with Gasteiger partial charge in [-0.15, -0.1) is 0 Å². The van der Waals surface area contributed by atoms with Gasteiger partial charge in [-0.3, -0.25) is 0 Å². The largest absolute Gasteiger partial charge is 0.548 e. The lowest BCUT2D eigenvalue weighted by Crippen LogP contribution is -2.61. The second-order valence-corrected chi connectivity index (χ2v) is 6.65. The Morgan fingerprint density at radius 3 is 2.33 bits per heavy atom. The number of hydrogen-bond acceptors (Lipinski definition) is 7. The second-order valence-electron chi connectivity index (χ2n) is 5.11. The van der Waals surface area contributed by atoms with E-state index in [0.717, 1.165) is 19.1 Å². The van der Waals surface area contributed by atoms with Crippen LogP contribution < -0.4 is 19.3 Å². The fourth-order valence-electron chi connectivity index (χ4n) is 2.31. The number of halogens is 3. The first-order valence-corrected chi connectivity index (χ1v) is 7.57. The van der Waals surface area contributed by atoms with Gasteiger partial charge in [0.15, 0.2) is 0 Å². The van der Waals surface area contributed by atoms with Crippen molar-refractivity contribution in [2.45, 2.75) is 24.4 Å². The van der Waals surface area contributed by atoms with Crippen LogP contribution >= 0.6 is 0 Å². The van der Waals surface area contributed by atoms with Crippen LogP contribution in [0.1, 0.15) is 12.5 Å². The minimum atomic E-state index is -5.96. The molecular weight excluding hydrogens is 359 g/mol. The monoisotopic (exact) mass is 367 g/mol. The number of rotatable bonds is 3. The number of carbonyl (C=O) groups excluding carboxylic acids is 2. The van der Waals surface area contributed by atoms with E-state index in [2.05, 4.69) is 4.18 Å². The number of benzene rings is 1. The van der Waals surface area contributed by atoms with Gasteiger partial charge in [-0.05, 0) is 18.6 Å². The number of fused-ring (bicyclic) bond motifs is 1. The molecule has 0 saturated carbocycles. The average Bonchev–Trinajstić information content (AvgIpc) is 2.69. The molecule has 1 unspecified atom stereocenters. The number of aliphatic carboxylic acids is 1. The topological polar surface area (TPSA) is 127 Å². The number of hydrogen-bond donors (Lipinski definition) is 0. The zero-order valence-electron chi connectivity index (χ0n) is 11.8. The smallest absolute Gasteiger partial charge is 0.534 e. The van der Waals surface area contributed by atoms with E-state index < -0.39 is 39.0 Å². The van der Waals surface area contributed by atoms with E-state index in [0.29, 0.717) is 6.07 Å². The third-order valence-corrected chi connectivity index (χ3v) is 4.42. The lowest BCUT2D eigenvalue weighted by atomic mass is 9.97. The molecule has 1 aliphatic heterocycles. The maximum absolute atomic E-state index is 12.3. The summed E-state index contributed by atoms with van der Waals surface area (Å²) in [5.41, 5.74) is -7.97. The minimum Gasteiger partial charge on any atom is -0.548 e. The van der Waals surface area contributed by atoms with Crippen LogP contribution in [0.2, 0.25) is 0 Å². The molecule has 1 aromatic carbocycles. The summed E-state index contributed by atoms with van der Waals surface area (Å²) in [5, 5.41) is 22.5. The number of nitrogens with zero attached hydrogens (tertiary/aromatic N) is 1. The molecule has 1 heterocycles. The predicted octanol–water partition coefficient (Wildman–Crippen LogP) is -0.871. The number of carboxylic acid groups (broad SMARTS) is 2. The van der Waals surface area contributed by atoms with Gasteiger partial charge in [-0.2, -0.15) is 21.6 Å². The summed E-state index contributed by atoms with van der Waals surface area (Å²) in [6.07, 6.45) is -2.29. The zero-order valence-corrected chi connectivity index (χ0v) is 12.6. The zero-order chi connectivity index (χ0) is 18.5. The normalized spacial score (nSPS) is 20.6. The molecule has 1 amide bonds. The second kappa shape index (κ2) is 5.26. The molecule has 0 fully saturated rings. The first kappa shape index (κ1) is 17.8. The quantitative estimate of drug-likeness (QED) is 0.502. The Bertz CT molecular complexity index is 820. The van der Waals surface area contributed by atoms with Gasteiger partial charge in [0.25, 0.3) is 0 Å². The van der Waals surface area contributed by atoms with E-state index in [9.17, 15) is 41.4 Å². The number of alkyl halides is 3. The Hall–Kier alpha value is -2.50. The molecule has 0 N–H and O–H groups in total. The molecule has 8 nitrogen and oxygen atoms in total. The Morgan fingerprint density at radius 1 is 1.29 bits per heavy atom. The molecule has 24 heavy (non-hydrogen) atoms. The van der Waals surface area contributed by atoms with Crippen molar-refractivity contribution in [2.75, 3.05) is 4.90 Å². The first-order valence-electron chi connectivity index (χ1n) is 6.16. The molecule has 1 aromatic rings. The number of carbonyl (C=O) groups is 2. The van der Waals surface area contributed by atoms with Gasteiger partial charge >= 0.3 is 15.6 Å². The summed E-state index contributed by atoms with van der Waals surface area (Å²) in [6.45, 7) is 1.02. The molecule has 0 bridgehead atoms. The Labute approximate surface area is 133 Å². The molecule has 12 heteroatoms. The molecule has 132 valence electrons. The maximum atomic E-state index is 12.3. The van der Waals surface area contributed by atoms with Gasteiger partial charge in [0, 0.05) is 12.5 Å². The van der Waals surface area contributed by atoms with E-state index in [1.807, 2.05) is 0 Å². The minimum absolute atomic E-state index is 0.127. The summed E-state index contributed by atoms with van der Waals surface area (Å²) in [6, 6.07) is 2.57. The fourth-order valence-corrected chi connectivity index (χ4v) is 2.76. The van der Waals surface area contributed by atoms with E-state index in [4.69, 9.17) is 0 Å². The van der Waals surface area contributed by atoms with Crippen LogP contribution in [0, 0.1) is 0 Å². The molecule has 0 radical (unpaired) electrons. The van der Waals surface area contributed by atoms with E-state index in [1.54, 1.807) is 0 Å². The van der Waals surface area contributed by atoms with Crippen LogP contribution in [0.4, 0.5) is 23.7 Å². The summed E-state index contributed by atoms with van der Waals surface area (Å²) in [5.74, 6) is -2.59.